The molecule has 6 atom stereocenters. The van der Waals surface area contributed by atoms with Crippen molar-refractivity contribution in [3.8, 4) is 0 Å². The molecule has 5 rings (SSSR count). The van der Waals surface area contributed by atoms with Crippen molar-refractivity contribution in [1.29, 1.82) is 0 Å². The Morgan fingerprint density at radius 1 is 1.19 bits per heavy atom. The molecule has 3 aliphatic rings. The van der Waals surface area contributed by atoms with E-state index in [0.717, 1.165) is 17.2 Å². The average molecular weight is 559 g/mol. The van der Waals surface area contributed by atoms with Crippen LogP contribution in [0, 0.1) is 11.8 Å². The number of ether oxygens (including phenoxy) is 2. The van der Waals surface area contributed by atoms with Gasteiger partial charge in [-0.2, -0.15) is 0 Å². The predicted molar refractivity (Wildman–Crippen MR) is 138 cm³/mol. The highest BCUT2D eigenvalue weighted by Crippen LogP contribution is 2.60. The van der Waals surface area contributed by atoms with E-state index in [1.54, 1.807) is 11.8 Å². The molecule has 3 unspecified atom stereocenters. The van der Waals surface area contributed by atoms with Gasteiger partial charge in [0.15, 0.2) is 0 Å². The summed E-state index contributed by atoms with van der Waals surface area (Å²) in [5.74, 6) is -2.54. The van der Waals surface area contributed by atoms with Crippen LogP contribution in [0.2, 0.25) is 0 Å². The standard InChI is InChI=1S/C27H31BrN2O6/c1-2-35-26(34)20-21-25(33)30(12-6-3-7-13-31)23(27(21)15-19(28)22(20)36-27)24(32)29-18-11-10-16-8-4-5-9-17(16)14-18/h4-5,8-11,14,19-23,31H,2-3,6-7,12-13,15H2,1H3,(H,29,32)/t19?,20-,21+,22-,23?,27?/m1/s1. The SMILES string of the molecule is CCOC(=O)[C@H]1[C@@H]2OC3(CC2Br)C(C(=O)Nc2ccc4ccccc4c2)N(CCCCCO)C(=O)[C@H]13. The van der Waals surface area contributed by atoms with Crippen LogP contribution in [0.4, 0.5) is 5.69 Å². The summed E-state index contributed by atoms with van der Waals surface area (Å²) in [6.45, 7) is 2.37. The molecule has 8 nitrogen and oxygen atoms in total. The van der Waals surface area contributed by atoms with Gasteiger partial charge in [0.05, 0.1) is 24.5 Å². The molecule has 2 aromatic rings. The largest absolute Gasteiger partial charge is 0.466 e. The van der Waals surface area contributed by atoms with Crippen LogP contribution in [0.25, 0.3) is 10.8 Å². The summed E-state index contributed by atoms with van der Waals surface area (Å²) in [5, 5.41) is 14.2. The van der Waals surface area contributed by atoms with Gasteiger partial charge >= 0.3 is 5.97 Å². The van der Waals surface area contributed by atoms with E-state index < -0.39 is 35.6 Å². The molecule has 3 fully saturated rings. The fourth-order valence-corrected chi connectivity index (χ4v) is 7.17. The first-order valence-electron chi connectivity index (χ1n) is 12.6. The third-order valence-corrected chi connectivity index (χ3v) is 8.52. The molecule has 2 amide bonds. The normalized spacial score (nSPS) is 30.6. The van der Waals surface area contributed by atoms with Crippen molar-refractivity contribution in [2.75, 3.05) is 25.1 Å². The van der Waals surface area contributed by atoms with Gasteiger partial charge in [0.25, 0.3) is 0 Å². The first-order chi connectivity index (χ1) is 17.4. The van der Waals surface area contributed by atoms with Gasteiger partial charge in [-0.15, -0.1) is 0 Å². The smallest absolute Gasteiger partial charge is 0.312 e. The molecule has 2 N–H and O–H groups in total. The quantitative estimate of drug-likeness (QED) is 0.278. The van der Waals surface area contributed by atoms with E-state index in [4.69, 9.17) is 14.6 Å². The Bertz CT molecular complexity index is 1170. The van der Waals surface area contributed by atoms with Crippen LogP contribution in [0.1, 0.15) is 32.6 Å². The number of fused-ring (bicyclic) bond motifs is 2. The van der Waals surface area contributed by atoms with Crippen molar-refractivity contribution in [1.82, 2.24) is 4.90 Å². The number of nitrogens with one attached hydrogen (secondary N) is 1. The monoisotopic (exact) mass is 558 g/mol. The molecule has 1 spiro atoms. The minimum Gasteiger partial charge on any atom is -0.466 e. The molecule has 192 valence electrons. The third-order valence-electron chi connectivity index (χ3n) is 7.67. The van der Waals surface area contributed by atoms with Gasteiger partial charge in [-0.1, -0.05) is 46.3 Å². The minimum atomic E-state index is -1.11. The number of rotatable bonds is 9. The average Bonchev–Trinajstić information content (AvgIpc) is 3.45. The van der Waals surface area contributed by atoms with Gasteiger partial charge < -0.3 is 24.8 Å². The van der Waals surface area contributed by atoms with Gasteiger partial charge in [-0.3, -0.25) is 14.4 Å². The number of alkyl halides is 1. The molecular weight excluding hydrogens is 528 g/mol. The fourth-order valence-electron chi connectivity index (χ4n) is 6.23. The Hall–Kier alpha value is -2.49. The molecule has 0 aromatic heterocycles. The molecule has 3 aliphatic heterocycles. The summed E-state index contributed by atoms with van der Waals surface area (Å²) < 4.78 is 11.8. The Labute approximate surface area is 218 Å². The molecule has 3 saturated heterocycles. The highest BCUT2D eigenvalue weighted by atomic mass is 79.9. The summed E-state index contributed by atoms with van der Waals surface area (Å²) in [4.78, 5) is 42.0. The van der Waals surface area contributed by atoms with Crippen molar-refractivity contribution in [3.63, 3.8) is 0 Å². The molecule has 0 saturated carbocycles. The molecule has 36 heavy (non-hydrogen) atoms. The Morgan fingerprint density at radius 3 is 2.72 bits per heavy atom. The van der Waals surface area contributed by atoms with Crippen molar-refractivity contribution in [3.05, 3.63) is 42.5 Å². The van der Waals surface area contributed by atoms with Crippen LogP contribution < -0.4 is 5.32 Å². The maximum atomic E-state index is 13.9. The Balaban J connectivity index is 1.47. The zero-order chi connectivity index (χ0) is 25.4. The number of anilines is 1. The van der Waals surface area contributed by atoms with E-state index in [0.29, 0.717) is 31.5 Å². The number of unbranched alkanes of at least 4 members (excludes halogenated alkanes) is 2. The number of benzene rings is 2. The molecule has 0 aliphatic carbocycles. The molecular formula is C27H31BrN2O6. The van der Waals surface area contributed by atoms with E-state index in [9.17, 15) is 14.4 Å². The second-order valence-electron chi connectivity index (χ2n) is 9.78. The van der Waals surface area contributed by atoms with Gasteiger partial charge in [0.1, 0.15) is 11.6 Å². The van der Waals surface area contributed by atoms with Crippen LogP contribution in [-0.4, -0.2) is 70.1 Å². The maximum Gasteiger partial charge on any atom is 0.312 e. The third kappa shape index (κ3) is 4.11. The number of hydrogen-bond donors (Lipinski definition) is 2. The van der Waals surface area contributed by atoms with Crippen LogP contribution in [0.15, 0.2) is 42.5 Å². The summed E-state index contributed by atoms with van der Waals surface area (Å²) >= 11 is 3.65. The number of halogens is 1. The zero-order valence-electron chi connectivity index (χ0n) is 20.2. The van der Waals surface area contributed by atoms with Gasteiger partial charge in [-0.05, 0) is 55.5 Å². The summed E-state index contributed by atoms with van der Waals surface area (Å²) in [6, 6.07) is 12.7. The Kier molecular flexibility index (Phi) is 7.07. The highest BCUT2D eigenvalue weighted by Gasteiger charge is 2.76. The fraction of sp³-hybridized carbons (Fsp3) is 0.519. The van der Waals surface area contributed by atoms with E-state index in [1.807, 2.05) is 42.5 Å². The maximum absolute atomic E-state index is 13.9. The van der Waals surface area contributed by atoms with Crippen LogP contribution in [-0.2, 0) is 23.9 Å². The summed E-state index contributed by atoms with van der Waals surface area (Å²) in [7, 11) is 0. The summed E-state index contributed by atoms with van der Waals surface area (Å²) in [5.41, 5.74) is -0.471. The highest BCUT2D eigenvalue weighted by molar-refractivity contribution is 9.09. The predicted octanol–water partition coefficient (Wildman–Crippen LogP) is 3.25. The van der Waals surface area contributed by atoms with Crippen LogP contribution in [0.3, 0.4) is 0 Å². The Morgan fingerprint density at radius 2 is 1.97 bits per heavy atom. The van der Waals surface area contributed by atoms with E-state index in [1.165, 1.54) is 0 Å². The number of aliphatic hydroxyl groups is 1. The van der Waals surface area contributed by atoms with Gasteiger partial charge in [0.2, 0.25) is 11.8 Å². The molecule has 2 bridgehead atoms. The van der Waals surface area contributed by atoms with Gasteiger partial charge in [0, 0.05) is 23.7 Å². The number of aliphatic hydroxyl groups excluding tert-OH is 1. The lowest BCUT2D eigenvalue weighted by molar-refractivity contribution is -0.154. The van der Waals surface area contributed by atoms with Crippen LogP contribution in [0.5, 0.6) is 0 Å². The molecule has 2 aromatic carbocycles. The number of carbonyl (C=O) groups excluding carboxylic acids is 3. The topological polar surface area (TPSA) is 105 Å². The van der Waals surface area contributed by atoms with E-state index in [2.05, 4.69) is 21.2 Å². The van der Waals surface area contributed by atoms with Crippen molar-refractivity contribution < 1.29 is 29.0 Å². The molecule has 9 heteroatoms. The number of amides is 2. The number of hydrogen-bond acceptors (Lipinski definition) is 6. The van der Waals surface area contributed by atoms with Crippen molar-refractivity contribution in [2.24, 2.45) is 11.8 Å². The van der Waals surface area contributed by atoms with E-state index >= 15 is 0 Å². The zero-order valence-corrected chi connectivity index (χ0v) is 21.8. The number of esters is 1. The first kappa shape index (κ1) is 25.2. The van der Waals surface area contributed by atoms with E-state index in [-0.39, 0.29) is 29.9 Å². The number of nitrogens with zero attached hydrogens (tertiary/aromatic N) is 1. The van der Waals surface area contributed by atoms with Crippen molar-refractivity contribution >= 4 is 50.2 Å². The lowest BCUT2D eigenvalue weighted by Crippen LogP contribution is -2.54. The second kappa shape index (κ2) is 10.1. The number of likely N-dealkylation sites (tertiary alicyclic amines) is 1. The lowest BCUT2D eigenvalue weighted by Gasteiger charge is -2.34. The second-order valence-corrected chi connectivity index (χ2v) is 11.0. The molecule has 3 heterocycles. The minimum absolute atomic E-state index is 0.0768. The molecule has 0 radical (unpaired) electrons. The number of carbonyl (C=O) groups is 3. The lowest BCUT2D eigenvalue weighted by atomic mass is 9.70. The van der Waals surface area contributed by atoms with Crippen molar-refractivity contribution in [2.45, 2.75) is 55.2 Å². The van der Waals surface area contributed by atoms with Crippen LogP contribution >= 0.6 is 15.9 Å². The first-order valence-corrected chi connectivity index (χ1v) is 13.5. The summed E-state index contributed by atoms with van der Waals surface area (Å²) in [6.07, 6.45) is 1.92. The van der Waals surface area contributed by atoms with Gasteiger partial charge in [-0.25, -0.2) is 0 Å².